The van der Waals surface area contributed by atoms with Crippen molar-refractivity contribution < 1.29 is 5.11 Å². The van der Waals surface area contributed by atoms with Crippen LogP contribution in [0.3, 0.4) is 0 Å². The van der Waals surface area contributed by atoms with E-state index in [9.17, 15) is 5.11 Å². The number of hydrogen-bond donors (Lipinski definition) is 1. The number of hydrogen-bond acceptors (Lipinski definition) is 3. The molecule has 1 aromatic heterocycles. The Bertz CT molecular complexity index is 1050. The summed E-state index contributed by atoms with van der Waals surface area (Å²) < 4.78 is 1.61. The van der Waals surface area contributed by atoms with E-state index in [0.717, 1.165) is 22.3 Å². The van der Waals surface area contributed by atoms with Crippen LogP contribution in [0, 0.1) is 0 Å². The lowest BCUT2D eigenvalue weighted by Gasteiger charge is -2.29. The fraction of sp³-hybridized carbons (Fsp3) is 0.0909. The molecule has 4 aromatic rings. The standard InChI is InChI=1S/C22H17Cl2N3O/c23-20-9-3-17(4-10-20)16-1-5-18(6-2-16)22(28,13-27-15-25-14-26-27)19-7-11-21(24)12-8-19/h1-12,14-15,28H,13H2. The third kappa shape index (κ3) is 3.80. The molecule has 1 unspecified atom stereocenters. The first kappa shape index (κ1) is 18.7. The smallest absolute Gasteiger partial charge is 0.137 e. The van der Waals surface area contributed by atoms with Crippen molar-refractivity contribution in [1.29, 1.82) is 0 Å². The van der Waals surface area contributed by atoms with Crippen molar-refractivity contribution in [2.75, 3.05) is 0 Å². The van der Waals surface area contributed by atoms with Gasteiger partial charge in [0.25, 0.3) is 0 Å². The lowest BCUT2D eigenvalue weighted by atomic mass is 9.85. The Hall–Kier alpha value is -2.66. The van der Waals surface area contributed by atoms with E-state index in [0.29, 0.717) is 10.0 Å². The zero-order valence-corrected chi connectivity index (χ0v) is 16.3. The summed E-state index contributed by atoms with van der Waals surface area (Å²) >= 11 is 12.0. The maximum absolute atomic E-state index is 11.7. The maximum atomic E-state index is 11.7. The highest BCUT2D eigenvalue weighted by Crippen LogP contribution is 2.33. The van der Waals surface area contributed by atoms with E-state index in [1.807, 2.05) is 60.7 Å². The molecule has 0 amide bonds. The van der Waals surface area contributed by atoms with E-state index in [2.05, 4.69) is 10.1 Å². The highest BCUT2D eigenvalue weighted by atomic mass is 35.5. The molecule has 0 fully saturated rings. The van der Waals surface area contributed by atoms with Gasteiger partial charge in [-0.3, -0.25) is 0 Å². The Morgan fingerprint density at radius 3 is 1.71 bits per heavy atom. The van der Waals surface area contributed by atoms with Crippen LogP contribution in [0.1, 0.15) is 11.1 Å². The second-order valence-corrected chi connectivity index (χ2v) is 7.42. The van der Waals surface area contributed by atoms with Gasteiger partial charge in [0.2, 0.25) is 0 Å². The fourth-order valence-corrected chi connectivity index (χ4v) is 3.46. The molecule has 0 saturated heterocycles. The van der Waals surface area contributed by atoms with Crippen LogP contribution < -0.4 is 0 Å². The number of nitrogens with zero attached hydrogens (tertiary/aromatic N) is 3. The molecule has 4 nitrogen and oxygen atoms in total. The van der Waals surface area contributed by atoms with Gasteiger partial charge in [-0.2, -0.15) is 5.10 Å². The number of benzene rings is 3. The predicted molar refractivity (Wildman–Crippen MR) is 111 cm³/mol. The summed E-state index contributed by atoms with van der Waals surface area (Å²) in [6.07, 6.45) is 3.04. The van der Waals surface area contributed by atoms with Crippen LogP contribution in [0.5, 0.6) is 0 Å². The van der Waals surface area contributed by atoms with Crippen LogP contribution in [0.2, 0.25) is 10.0 Å². The van der Waals surface area contributed by atoms with Gasteiger partial charge in [0.05, 0.1) is 6.54 Å². The van der Waals surface area contributed by atoms with Gasteiger partial charge in [0.15, 0.2) is 0 Å². The first-order valence-electron chi connectivity index (χ1n) is 8.72. The van der Waals surface area contributed by atoms with Crippen LogP contribution in [0.15, 0.2) is 85.5 Å². The van der Waals surface area contributed by atoms with Crippen LogP contribution in [-0.2, 0) is 12.1 Å². The average molecular weight is 410 g/mol. The van der Waals surface area contributed by atoms with Gasteiger partial charge in [-0.15, -0.1) is 0 Å². The van der Waals surface area contributed by atoms with Crippen LogP contribution in [0.4, 0.5) is 0 Å². The highest BCUT2D eigenvalue weighted by Gasteiger charge is 2.32. The maximum Gasteiger partial charge on any atom is 0.137 e. The third-order valence-electron chi connectivity index (χ3n) is 4.72. The van der Waals surface area contributed by atoms with Crippen molar-refractivity contribution in [3.63, 3.8) is 0 Å². The molecule has 3 aromatic carbocycles. The van der Waals surface area contributed by atoms with E-state index in [4.69, 9.17) is 23.2 Å². The number of halogens is 2. The topological polar surface area (TPSA) is 50.9 Å². The summed E-state index contributed by atoms with van der Waals surface area (Å²) in [6.45, 7) is 0.231. The quantitative estimate of drug-likeness (QED) is 0.493. The minimum atomic E-state index is -1.28. The minimum absolute atomic E-state index is 0.231. The lowest BCUT2D eigenvalue weighted by molar-refractivity contribution is 0.0572. The zero-order chi connectivity index (χ0) is 19.6. The van der Waals surface area contributed by atoms with E-state index in [1.165, 1.54) is 6.33 Å². The second-order valence-electron chi connectivity index (χ2n) is 6.54. The number of aliphatic hydroxyl groups is 1. The van der Waals surface area contributed by atoms with Gasteiger partial charge in [-0.05, 0) is 46.5 Å². The molecule has 1 N–H and O–H groups in total. The van der Waals surface area contributed by atoms with Crippen LogP contribution in [-0.4, -0.2) is 19.9 Å². The second kappa shape index (κ2) is 7.76. The molecule has 0 spiro atoms. The summed E-state index contributed by atoms with van der Waals surface area (Å²) in [7, 11) is 0. The molecule has 0 radical (unpaired) electrons. The monoisotopic (exact) mass is 409 g/mol. The molecule has 0 aliphatic heterocycles. The number of rotatable bonds is 5. The van der Waals surface area contributed by atoms with E-state index in [-0.39, 0.29) is 6.54 Å². The summed E-state index contributed by atoms with van der Waals surface area (Å²) in [4.78, 5) is 3.98. The molecule has 140 valence electrons. The third-order valence-corrected chi connectivity index (χ3v) is 5.22. The Balaban J connectivity index is 1.73. The molecule has 0 aliphatic carbocycles. The van der Waals surface area contributed by atoms with Crippen molar-refractivity contribution >= 4 is 23.2 Å². The summed E-state index contributed by atoms with van der Waals surface area (Å²) in [6, 6.07) is 22.7. The first-order valence-corrected chi connectivity index (χ1v) is 9.47. The van der Waals surface area contributed by atoms with Crippen molar-refractivity contribution in [3.8, 4) is 11.1 Å². The summed E-state index contributed by atoms with van der Waals surface area (Å²) in [5, 5.41) is 17.1. The van der Waals surface area contributed by atoms with Gasteiger partial charge in [-0.25, -0.2) is 9.67 Å². The Morgan fingerprint density at radius 1 is 0.750 bits per heavy atom. The summed E-state index contributed by atoms with van der Waals surface area (Å²) in [5.74, 6) is 0. The normalized spacial score (nSPS) is 13.2. The van der Waals surface area contributed by atoms with Crippen molar-refractivity contribution in [3.05, 3.63) is 107 Å². The highest BCUT2D eigenvalue weighted by molar-refractivity contribution is 6.30. The molecule has 0 saturated carbocycles. The Kier molecular flexibility index (Phi) is 5.18. The van der Waals surface area contributed by atoms with Crippen LogP contribution >= 0.6 is 23.2 Å². The van der Waals surface area contributed by atoms with Crippen molar-refractivity contribution in [2.45, 2.75) is 12.1 Å². The Morgan fingerprint density at radius 2 is 1.21 bits per heavy atom. The molecule has 6 heteroatoms. The largest absolute Gasteiger partial charge is 0.378 e. The van der Waals surface area contributed by atoms with E-state index in [1.54, 1.807) is 23.1 Å². The first-order chi connectivity index (χ1) is 13.5. The SMILES string of the molecule is OC(Cn1cncn1)(c1ccc(Cl)cc1)c1ccc(-c2ccc(Cl)cc2)cc1. The van der Waals surface area contributed by atoms with Crippen molar-refractivity contribution in [1.82, 2.24) is 14.8 Å². The fourth-order valence-electron chi connectivity index (χ4n) is 3.20. The Labute approximate surface area is 173 Å². The molecular weight excluding hydrogens is 393 g/mol. The number of aromatic nitrogens is 3. The molecule has 0 aliphatic rings. The molecule has 4 rings (SSSR count). The van der Waals surface area contributed by atoms with Gasteiger partial charge in [0, 0.05) is 10.0 Å². The van der Waals surface area contributed by atoms with Crippen LogP contribution in [0.25, 0.3) is 11.1 Å². The average Bonchev–Trinajstić information content (AvgIpc) is 3.22. The molecule has 1 atom stereocenters. The molecular formula is C22H17Cl2N3O. The molecule has 0 bridgehead atoms. The predicted octanol–water partition coefficient (Wildman–Crippen LogP) is 5.19. The minimum Gasteiger partial charge on any atom is -0.378 e. The van der Waals surface area contributed by atoms with Gasteiger partial charge in [0.1, 0.15) is 18.3 Å². The van der Waals surface area contributed by atoms with Gasteiger partial charge in [-0.1, -0.05) is 71.7 Å². The molecule has 1 heterocycles. The van der Waals surface area contributed by atoms with Gasteiger partial charge < -0.3 is 5.11 Å². The lowest BCUT2D eigenvalue weighted by Crippen LogP contribution is -2.33. The zero-order valence-electron chi connectivity index (χ0n) is 14.8. The van der Waals surface area contributed by atoms with Gasteiger partial charge >= 0.3 is 0 Å². The van der Waals surface area contributed by atoms with E-state index >= 15 is 0 Å². The van der Waals surface area contributed by atoms with Crippen molar-refractivity contribution in [2.24, 2.45) is 0 Å². The van der Waals surface area contributed by atoms with E-state index < -0.39 is 5.60 Å². The summed E-state index contributed by atoms with van der Waals surface area (Å²) in [5.41, 5.74) is 2.30. The molecule has 28 heavy (non-hydrogen) atoms.